The Labute approximate surface area is 140 Å². The van der Waals surface area contributed by atoms with Gasteiger partial charge >= 0.3 is 0 Å². The van der Waals surface area contributed by atoms with Crippen molar-refractivity contribution in [2.24, 2.45) is 0 Å². The molecule has 1 aromatic carbocycles. The predicted octanol–water partition coefficient (Wildman–Crippen LogP) is 3.50. The van der Waals surface area contributed by atoms with E-state index < -0.39 is 0 Å². The molecule has 2 N–H and O–H groups in total. The van der Waals surface area contributed by atoms with Crippen LogP contribution in [0.1, 0.15) is 39.0 Å². The number of benzene rings is 1. The number of aromatic amines is 1. The normalized spacial score (nSPS) is 17.1. The second kappa shape index (κ2) is 7.25. The van der Waals surface area contributed by atoms with Crippen LogP contribution in [0.4, 0.5) is 0 Å². The summed E-state index contributed by atoms with van der Waals surface area (Å²) in [7, 11) is 1.64. The molecule has 1 amide bonds. The van der Waals surface area contributed by atoms with Gasteiger partial charge < -0.3 is 15.0 Å². The van der Waals surface area contributed by atoms with Crippen molar-refractivity contribution in [3.8, 4) is 5.75 Å². The molecule has 1 saturated carbocycles. The molecular weight excluding hydrogens is 310 g/mol. The van der Waals surface area contributed by atoms with Gasteiger partial charge in [0.25, 0.3) is 0 Å². The molecule has 1 atom stereocenters. The summed E-state index contributed by atoms with van der Waals surface area (Å²) >= 11 is 1.46. The molecule has 2 aromatic rings. The number of aromatic nitrogens is 2. The van der Waals surface area contributed by atoms with Crippen LogP contribution in [0.3, 0.4) is 0 Å². The van der Waals surface area contributed by atoms with Crippen molar-refractivity contribution in [3.05, 3.63) is 18.2 Å². The van der Waals surface area contributed by atoms with Gasteiger partial charge in [0.1, 0.15) is 5.75 Å². The lowest BCUT2D eigenvalue weighted by atomic mass is 9.95. The van der Waals surface area contributed by atoms with Crippen LogP contribution in [0.25, 0.3) is 11.0 Å². The Kier molecular flexibility index (Phi) is 5.10. The van der Waals surface area contributed by atoms with E-state index in [2.05, 4.69) is 15.3 Å². The van der Waals surface area contributed by atoms with Gasteiger partial charge in [0, 0.05) is 12.1 Å². The molecule has 124 valence electrons. The van der Waals surface area contributed by atoms with E-state index in [-0.39, 0.29) is 11.2 Å². The van der Waals surface area contributed by atoms with Crippen molar-refractivity contribution in [2.45, 2.75) is 55.5 Å². The quantitative estimate of drug-likeness (QED) is 0.822. The molecule has 1 aliphatic rings. The zero-order chi connectivity index (χ0) is 16.2. The number of rotatable bonds is 5. The highest BCUT2D eigenvalue weighted by Gasteiger charge is 2.21. The molecule has 0 saturated heterocycles. The maximum atomic E-state index is 12.3. The number of amides is 1. The summed E-state index contributed by atoms with van der Waals surface area (Å²) in [5, 5.41) is 3.77. The Morgan fingerprint density at radius 1 is 1.39 bits per heavy atom. The highest BCUT2D eigenvalue weighted by atomic mass is 32.2. The average molecular weight is 333 g/mol. The zero-order valence-corrected chi connectivity index (χ0v) is 14.4. The van der Waals surface area contributed by atoms with E-state index in [4.69, 9.17) is 4.74 Å². The summed E-state index contributed by atoms with van der Waals surface area (Å²) in [5.74, 6) is 0.890. The van der Waals surface area contributed by atoms with Gasteiger partial charge in [-0.1, -0.05) is 31.0 Å². The van der Waals surface area contributed by atoms with Crippen LogP contribution in [-0.2, 0) is 4.79 Å². The fraction of sp³-hybridized carbons (Fsp3) is 0.529. The van der Waals surface area contributed by atoms with Crippen LogP contribution < -0.4 is 10.1 Å². The molecule has 0 radical (unpaired) electrons. The number of hydrogen-bond donors (Lipinski definition) is 2. The number of ether oxygens (including phenoxy) is 1. The first-order valence-corrected chi connectivity index (χ1v) is 9.04. The van der Waals surface area contributed by atoms with Crippen molar-refractivity contribution in [3.63, 3.8) is 0 Å². The van der Waals surface area contributed by atoms with Crippen LogP contribution in [0.5, 0.6) is 5.75 Å². The minimum absolute atomic E-state index is 0.0972. The van der Waals surface area contributed by atoms with Crippen molar-refractivity contribution < 1.29 is 9.53 Å². The maximum absolute atomic E-state index is 12.3. The Hall–Kier alpha value is -1.69. The van der Waals surface area contributed by atoms with E-state index in [0.717, 1.165) is 34.8 Å². The maximum Gasteiger partial charge on any atom is 0.233 e. The zero-order valence-electron chi connectivity index (χ0n) is 13.6. The van der Waals surface area contributed by atoms with Crippen LogP contribution in [0.15, 0.2) is 23.4 Å². The summed E-state index contributed by atoms with van der Waals surface area (Å²) < 4.78 is 5.22. The van der Waals surface area contributed by atoms with E-state index in [9.17, 15) is 4.79 Å². The van der Waals surface area contributed by atoms with Crippen LogP contribution in [-0.4, -0.2) is 34.3 Å². The van der Waals surface area contributed by atoms with Crippen molar-refractivity contribution in [1.82, 2.24) is 15.3 Å². The van der Waals surface area contributed by atoms with E-state index in [0.29, 0.717) is 6.04 Å². The Morgan fingerprint density at radius 2 is 2.17 bits per heavy atom. The van der Waals surface area contributed by atoms with Gasteiger partial charge in [0.05, 0.1) is 23.4 Å². The third kappa shape index (κ3) is 3.99. The molecule has 1 fully saturated rings. The molecule has 3 rings (SSSR count). The van der Waals surface area contributed by atoms with Crippen molar-refractivity contribution in [2.75, 3.05) is 7.11 Å². The first kappa shape index (κ1) is 16.2. The highest BCUT2D eigenvalue weighted by molar-refractivity contribution is 8.00. The first-order chi connectivity index (χ1) is 11.2. The molecule has 23 heavy (non-hydrogen) atoms. The van der Waals surface area contributed by atoms with Crippen LogP contribution >= 0.6 is 11.8 Å². The number of methoxy groups -OCH3 is 1. The number of nitrogens with zero attached hydrogens (tertiary/aromatic N) is 1. The molecule has 1 aliphatic carbocycles. The van der Waals surface area contributed by atoms with Gasteiger partial charge in [-0.2, -0.15) is 0 Å². The largest absolute Gasteiger partial charge is 0.497 e. The molecule has 0 bridgehead atoms. The fourth-order valence-electron chi connectivity index (χ4n) is 2.93. The lowest BCUT2D eigenvalue weighted by molar-refractivity contribution is -0.121. The molecule has 0 spiro atoms. The second-order valence-electron chi connectivity index (χ2n) is 6.03. The first-order valence-electron chi connectivity index (χ1n) is 8.16. The summed E-state index contributed by atoms with van der Waals surface area (Å²) in [4.78, 5) is 20.1. The number of carbonyl (C=O) groups excluding carboxylic acids is 1. The van der Waals surface area contributed by atoms with Gasteiger partial charge in [-0.3, -0.25) is 4.79 Å². The Balaban J connectivity index is 1.62. The molecule has 0 aliphatic heterocycles. The topological polar surface area (TPSA) is 67.0 Å². The van der Waals surface area contributed by atoms with E-state index in [1.165, 1.54) is 31.0 Å². The molecule has 5 nitrogen and oxygen atoms in total. The van der Waals surface area contributed by atoms with Gasteiger partial charge in [0.15, 0.2) is 5.16 Å². The van der Waals surface area contributed by atoms with E-state index in [1.54, 1.807) is 7.11 Å². The lowest BCUT2D eigenvalue weighted by Gasteiger charge is -2.24. The van der Waals surface area contributed by atoms with Crippen molar-refractivity contribution >= 4 is 28.7 Å². The summed E-state index contributed by atoms with van der Waals surface area (Å²) in [5.41, 5.74) is 1.81. The van der Waals surface area contributed by atoms with Gasteiger partial charge in [0.2, 0.25) is 5.91 Å². The van der Waals surface area contributed by atoms with Crippen LogP contribution in [0.2, 0.25) is 0 Å². The van der Waals surface area contributed by atoms with E-state index in [1.807, 2.05) is 25.1 Å². The molecule has 1 unspecified atom stereocenters. The number of fused-ring (bicyclic) bond motifs is 1. The SMILES string of the molecule is COc1ccc2nc(SC(C)C(=O)NC3CCCCC3)[nH]c2c1. The lowest BCUT2D eigenvalue weighted by Crippen LogP contribution is -2.40. The monoisotopic (exact) mass is 333 g/mol. The molecule has 1 heterocycles. The number of hydrogen-bond acceptors (Lipinski definition) is 4. The number of imidazole rings is 1. The van der Waals surface area contributed by atoms with Gasteiger partial charge in [-0.05, 0) is 31.9 Å². The number of H-pyrrole nitrogens is 1. The third-order valence-corrected chi connectivity index (χ3v) is 5.26. The summed E-state index contributed by atoms with van der Waals surface area (Å²) in [6.45, 7) is 1.93. The van der Waals surface area contributed by atoms with Gasteiger partial charge in [-0.15, -0.1) is 0 Å². The average Bonchev–Trinajstić information content (AvgIpc) is 2.96. The Morgan fingerprint density at radius 3 is 2.91 bits per heavy atom. The molecule has 6 heteroatoms. The standard InChI is InChI=1S/C17H23N3O2S/c1-11(16(21)18-12-6-4-3-5-7-12)23-17-19-14-9-8-13(22-2)10-15(14)20-17/h8-12H,3-7H2,1-2H3,(H,18,21)(H,19,20). The summed E-state index contributed by atoms with van der Waals surface area (Å²) in [6, 6.07) is 6.07. The number of carbonyl (C=O) groups is 1. The summed E-state index contributed by atoms with van der Waals surface area (Å²) in [6.07, 6.45) is 5.94. The number of nitrogens with one attached hydrogen (secondary N) is 2. The van der Waals surface area contributed by atoms with Crippen LogP contribution in [0, 0.1) is 0 Å². The smallest absolute Gasteiger partial charge is 0.233 e. The molecule has 1 aromatic heterocycles. The third-order valence-electron chi connectivity index (χ3n) is 4.28. The highest BCUT2D eigenvalue weighted by Crippen LogP contribution is 2.26. The fourth-order valence-corrected chi connectivity index (χ4v) is 3.76. The predicted molar refractivity (Wildman–Crippen MR) is 93.0 cm³/mol. The van der Waals surface area contributed by atoms with E-state index >= 15 is 0 Å². The minimum Gasteiger partial charge on any atom is -0.497 e. The van der Waals surface area contributed by atoms with Gasteiger partial charge in [-0.25, -0.2) is 4.98 Å². The second-order valence-corrected chi connectivity index (χ2v) is 7.36. The van der Waals surface area contributed by atoms with Crippen molar-refractivity contribution in [1.29, 1.82) is 0 Å². The molecular formula is C17H23N3O2S. The number of thioether (sulfide) groups is 1. The minimum atomic E-state index is -0.167. The Bertz CT molecular complexity index is 680.